The fourth-order valence-electron chi connectivity index (χ4n) is 3.63. The van der Waals surface area contributed by atoms with E-state index in [-0.39, 0.29) is 35.5 Å². The minimum Gasteiger partial charge on any atom is -0.408 e. The second-order valence-electron chi connectivity index (χ2n) is 7.89. The Labute approximate surface area is 214 Å². The number of benzene rings is 2. The van der Waals surface area contributed by atoms with Gasteiger partial charge in [0, 0.05) is 31.9 Å². The van der Waals surface area contributed by atoms with Crippen LogP contribution in [-0.2, 0) is 6.18 Å². The van der Waals surface area contributed by atoms with Crippen LogP contribution in [0.2, 0.25) is 5.02 Å². The lowest BCUT2D eigenvalue weighted by Crippen LogP contribution is -2.50. The number of nitrogens with one attached hydrogen (secondary N) is 2. The molecular weight excluding hydrogens is 515 g/mol. The van der Waals surface area contributed by atoms with Gasteiger partial charge < -0.3 is 30.9 Å². The van der Waals surface area contributed by atoms with E-state index in [1.54, 1.807) is 24.3 Å². The Morgan fingerprint density at radius 2 is 1.78 bits per heavy atom. The smallest absolute Gasteiger partial charge is 0.408 e. The quantitative estimate of drug-likeness (QED) is 0.432. The Hall–Kier alpha value is -4.26. The maximum Gasteiger partial charge on any atom is 0.416 e. The van der Waals surface area contributed by atoms with Gasteiger partial charge in [-0.05, 0) is 30.3 Å². The van der Waals surface area contributed by atoms with Gasteiger partial charge in [0.25, 0.3) is 0 Å². The summed E-state index contributed by atoms with van der Waals surface area (Å²) in [4.78, 5) is 35.7. The van der Waals surface area contributed by atoms with Gasteiger partial charge in [-0.25, -0.2) is 14.6 Å². The Kier molecular flexibility index (Phi) is 7.53. The highest BCUT2D eigenvalue weighted by atomic mass is 35.5. The van der Waals surface area contributed by atoms with Crippen molar-refractivity contribution >= 4 is 46.9 Å². The third kappa shape index (κ3) is 6.50. The fourth-order valence-corrected chi connectivity index (χ4v) is 3.84. The molecule has 0 unspecified atom stereocenters. The maximum absolute atomic E-state index is 12.9. The molecule has 0 radical (unpaired) electrons. The first-order chi connectivity index (χ1) is 17.6. The molecule has 0 saturated carbocycles. The van der Waals surface area contributed by atoms with Crippen LogP contribution in [0.3, 0.4) is 0 Å². The van der Waals surface area contributed by atoms with E-state index in [1.807, 2.05) is 4.90 Å². The summed E-state index contributed by atoms with van der Waals surface area (Å²) >= 11 is 6.33. The molecule has 4 N–H and O–H groups in total. The number of primary amides is 1. The summed E-state index contributed by atoms with van der Waals surface area (Å²) in [6.45, 7) is 1.30. The number of halogens is 4. The average Bonchev–Trinajstić information content (AvgIpc) is 2.86. The van der Waals surface area contributed by atoms with Gasteiger partial charge in [0.2, 0.25) is 5.95 Å². The zero-order valence-electron chi connectivity index (χ0n) is 19.1. The van der Waals surface area contributed by atoms with E-state index in [4.69, 9.17) is 22.1 Å². The Morgan fingerprint density at radius 1 is 1.05 bits per heavy atom. The van der Waals surface area contributed by atoms with Gasteiger partial charge in [0.15, 0.2) is 11.6 Å². The third-order valence-corrected chi connectivity index (χ3v) is 5.64. The molecule has 0 atom stereocenters. The zero-order valence-corrected chi connectivity index (χ0v) is 19.9. The fraction of sp³-hybridized carbons (Fsp3) is 0.217. The number of nitrogens with two attached hydrogens (primary N) is 1. The van der Waals surface area contributed by atoms with Crippen molar-refractivity contribution in [1.82, 2.24) is 14.9 Å². The molecule has 1 fully saturated rings. The van der Waals surface area contributed by atoms with Crippen LogP contribution in [0.5, 0.6) is 5.75 Å². The van der Waals surface area contributed by atoms with Crippen LogP contribution in [-0.4, -0.2) is 53.2 Å². The van der Waals surface area contributed by atoms with Crippen molar-refractivity contribution in [2.24, 2.45) is 5.73 Å². The van der Waals surface area contributed by atoms with Gasteiger partial charge in [0.1, 0.15) is 5.02 Å². The number of aromatic nitrogens is 2. The van der Waals surface area contributed by atoms with E-state index in [0.29, 0.717) is 24.6 Å². The van der Waals surface area contributed by atoms with Crippen molar-refractivity contribution in [2.75, 3.05) is 41.7 Å². The number of carbonyl (C=O) groups excluding carboxylic acids is 2. The molecule has 0 spiro atoms. The Balaban J connectivity index is 1.40. The van der Waals surface area contributed by atoms with E-state index in [2.05, 4.69) is 20.6 Å². The van der Waals surface area contributed by atoms with Crippen molar-refractivity contribution in [1.29, 1.82) is 0 Å². The first-order valence-electron chi connectivity index (χ1n) is 10.9. The van der Waals surface area contributed by atoms with Crippen molar-refractivity contribution in [3.8, 4) is 5.75 Å². The topological polar surface area (TPSA) is 126 Å². The van der Waals surface area contributed by atoms with Gasteiger partial charge in [0.05, 0.1) is 17.4 Å². The van der Waals surface area contributed by atoms with Crippen LogP contribution in [0.4, 0.5) is 45.9 Å². The highest BCUT2D eigenvalue weighted by molar-refractivity contribution is 6.32. The van der Waals surface area contributed by atoms with Gasteiger partial charge >= 0.3 is 18.3 Å². The minimum absolute atomic E-state index is 0.0532. The molecule has 37 heavy (non-hydrogen) atoms. The molecule has 1 saturated heterocycles. The number of alkyl halides is 3. The second-order valence-corrected chi connectivity index (χ2v) is 8.30. The van der Waals surface area contributed by atoms with E-state index in [0.717, 1.165) is 12.1 Å². The summed E-state index contributed by atoms with van der Waals surface area (Å²) in [6.07, 6.45) is -4.06. The highest BCUT2D eigenvalue weighted by Gasteiger charge is 2.31. The van der Waals surface area contributed by atoms with Gasteiger partial charge in [-0.1, -0.05) is 29.8 Å². The molecular formula is C23H21ClF3N7O3. The first-order valence-corrected chi connectivity index (χ1v) is 11.3. The van der Waals surface area contributed by atoms with E-state index in [9.17, 15) is 22.8 Å². The summed E-state index contributed by atoms with van der Waals surface area (Å²) in [5.41, 5.74) is 4.72. The number of amides is 3. The van der Waals surface area contributed by atoms with Crippen LogP contribution >= 0.6 is 11.6 Å². The summed E-state index contributed by atoms with van der Waals surface area (Å²) in [5, 5.41) is 5.75. The third-order valence-electron chi connectivity index (χ3n) is 5.38. The van der Waals surface area contributed by atoms with Crippen molar-refractivity contribution in [2.45, 2.75) is 6.18 Å². The number of hydrogen-bond acceptors (Lipinski definition) is 7. The monoisotopic (exact) mass is 535 g/mol. The summed E-state index contributed by atoms with van der Waals surface area (Å²) < 4.78 is 43.8. The number of carbonyl (C=O) groups is 2. The number of anilines is 4. The summed E-state index contributed by atoms with van der Waals surface area (Å²) in [6, 6.07) is 10.5. The number of para-hydroxylation sites is 2. The van der Waals surface area contributed by atoms with Crippen LogP contribution in [0.15, 0.2) is 54.7 Å². The molecule has 1 aliphatic heterocycles. The molecule has 4 rings (SSSR count). The summed E-state index contributed by atoms with van der Waals surface area (Å²) in [7, 11) is 0. The molecule has 2 aromatic carbocycles. The molecule has 0 aliphatic carbocycles. The normalized spacial score (nSPS) is 13.7. The van der Waals surface area contributed by atoms with Gasteiger partial charge in [-0.3, -0.25) is 0 Å². The predicted octanol–water partition coefficient (Wildman–Crippen LogP) is 4.70. The lowest BCUT2D eigenvalue weighted by atomic mass is 10.2. The number of urea groups is 1. The lowest BCUT2D eigenvalue weighted by Gasteiger charge is -2.35. The van der Waals surface area contributed by atoms with Crippen molar-refractivity contribution in [3.63, 3.8) is 0 Å². The maximum atomic E-state index is 12.9. The molecule has 10 nitrogen and oxygen atoms in total. The highest BCUT2D eigenvalue weighted by Crippen LogP contribution is 2.31. The largest absolute Gasteiger partial charge is 0.416 e. The van der Waals surface area contributed by atoms with Gasteiger partial charge in [-0.15, -0.1) is 0 Å². The number of hydrogen-bond donors (Lipinski definition) is 3. The van der Waals surface area contributed by atoms with E-state index < -0.39 is 23.9 Å². The number of piperazine rings is 1. The van der Waals surface area contributed by atoms with Crippen LogP contribution in [0, 0.1) is 0 Å². The van der Waals surface area contributed by atoms with E-state index in [1.165, 1.54) is 23.2 Å². The van der Waals surface area contributed by atoms with Crippen molar-refractivity contribution < 1.29 is 27.5 Å². The van der Waals surface area contributed by atoms with E-state index >= 15 is 0 Å². The zero-order chi connectivity index (χ0) is 26.6. The molecule has 1 aliphatic rings. The lowest BCUT2D eigenvalue weighted by molar-refractivity contribution is -0.137. The number of rotatable bonds is 5. The SMILES string of the molecule is NC(=O)Oc1ccccc1Nc1ncc(Cl)c(N2CCN(C(=O)Nc3cccc(C(F)(F)F)c3)CC2)n1. The van der Waals surface area contributed by atoms with Crippen LogP contribution < -0.4 is 26.0 Å². The molecule has 3 amide bonds. The van der Waals surface area contributed by atoms with Gasteiger partial charge in [-0.2, -0.15) is 18.2 Å². The molecule has 2 heterocycles. The molecule has 0 bridgehead atoms. The molecule has 3 aromatic rings. The Bertz CT molecular complexity index is 1300. The van der Waals surface area contributed by atoms with Crippen LogP contribution in [0.25, 0.3) is 0 Å². The number of ether oxygens (including phenoxy) is 1. The second kappa shape index (κ2) is 10.8. The van der Waals surface area contributed by atoms with Crippen LogP contribution in [0.1, 0.15) is 5.56 Å². The standard InChI is InChI=1S/C23H21ClF3N7O3/c24-16-13-29-21(31-17-6-1-2-7-18(17)37-20(28)35)32-19(16)33-8-10-34(11-9-33)22(36)30-15-5-3-4-14(12-15)23(25,26)27/h1-7,12-13H,8-11H2,(H2,28,35)(H,30,36)(H,29,31,32). The molecule has 194 valence electrons. The molecule has 14 heteroatoms. The minimum atomic E-state index is -4.51. The Morgan fingerprint density at radius 3 is 2.49 bits per heavy atom. The van der Waals surface area contributed by atoms with Crippen molar-refractivity contribution in [3.05, 3.63) is 65.3 Å². The predicted molar refractivity (Wildman–Crippen MR) is 131 cm³/mol. The molecule has 1 aromatic heterocycles. The first kappa shape index (κ1) is 25.8. The average molecular weight is 536 g/mol. The number of nitrogens with zero attached hydrogens (tertiary/aromatic N) is 4. The summed E-state index contributed by atoms with van der Waals surface area (Å²) in [5.74, 6) is 0.797.